The van der Waals surface area contributed by atoms with E-state index in [2.05, 4.69) is 10.3 Å². The van der Waals surface area contributed by atoms with E-state index in [1.807, 2.05) is 11.8 Å². The van der Waals surface area contributed by atoms with E-state index < -0.39 is 21.8 Å². The smallest absolute Gasteiger partial charge is 0.357 e. The molecule has 1 N–H and O–H groups in total. The number of halogens is 4. The Labute approximate surface area is 188 Å². The van der Waals surface area contributed by atoms with Crippen molar-refractivity contribution in [1.82, 2.24) is 14.5 Å². The highest BCUT2D eigenvalue weighted by Gasteiger charge is 2.29. The molecule has 0 radical (unpaired) electrons. The third kappa shape index (κ3) is 9.51. The first kappa shape index (κ1) is 27.9. The third-order valence-corrected chi connectivity index (χ3v) is 5.99. The predicted molar refractivity (Wildman–Crippen MR) is 121 cm³/mol. The standard InChI is InChI=1S/C18H29F3N4O2S.HI/c1-5-22-17(23-12-7-13-25(4)28(26,27)6-2)24(3)14-15-8-10-16(11-9-15)18(19,20)21;/h8-11H,5-7,12-14H2,1-4H3,(H,22,23);1H. The highest BCUT2D eigenvalue weighted by atomic mass is 127. The molecule has 0 heterocycles. The molecule has 0 aliphatic carbocycles. The van der Waals surface area contributed by atoms with E-state index in [9.17, 15) is 21.6 Å². The average Bonchev–Trinajstić information content (AvgIpc) is 2.63. The number of nitrogens with one attached hydrogen (secondary N) is 1. The second-order valence-electron chi connectivity index (χ2n) is 6.36. The second kappa shape index (κ2) is 12.6. The van der Waals surface area contributed by atoms with E-state index in [0.717, 1.165) is 17.7 Å². The molecule has 11 heteroatoms. The molecule has 168 valence electrons. The predicted octanol–water partition coefficient (Wildman–Crippen LogP) is 3.39. The van der Waals surface area contributed by atoms with Crippen molar-refractivity contribution < 1.29 is 21.6 Å². The van der Waals surface area contributed by atoms with Crippen LogP contribution >= 0.6 is 24.0 Å². The average molecular weight is 550 g/mol. The summed E-state index contributed by atoms with van der Waals surface area (Å²) in [6.45, 7) is 5.37. The molecule has 0 saturated carbocycles. The zero-order chi connectivity index (χ0) is 21.4. The Hall–Kier alpha value is -1.08. The molecule has 0 spiro atoms. The number of sulfonamides is 1. The number of guanidine groups is 1. The molecule has 0 unspecified atom stereocenters. The summed E-state index contributed by atoms with van der Waals surface area (Å²) in [7, 11) is 0.143. The Bertz CT molecular complexity index is 740. The van der Waals surface area contributed by atoms with E-state index >= 15 is 0 Å². The van der Waals surface area contributed by atoms with Crippen molar-refractivity contribution in [3.05, 3.63) is 35.4 Å². The van der Waals surface area contributed by atoms with Gasteiger partial charge in [0.2, 0.25) is 10.0 Å². The molecule has 0 aromatic heterocycles. The Morgan fingerprint density at radius 3 is 2.21 bits per heavy atom. The molecular formula is C18H30F3IN4O2S. The van der Waals surface area contributed by atoms with Crippen LogP contribution in [0.5, 0.6) is 0 Å². The van der Waals surface area contributed by atoms with Crippen LogP contribution < -0.4 is 5.32 Å². The highest BCUT2D eigenvalue weighted by Crippen LogP contribution is 2.29. The van der Waals surface area contributed by atoms with Gasteiger partial charge in [-0.25, -0.2) is 12.7 Å². The normalized spacial score (nSPS) is 12.6. The Balaban J connectivity index is 0.00000784. The van der Waals surface area contributed by atoms with Crippen LogP contribution in [0.2, 0.25) is 0 Å². The molecule has 29 heavy (non-hydrogen) atoms. The van der Waals surface area contributed by atoms with Crippen LogP contribution in [-0.2, 0) is 22.7 Å². The van der Waals surface area contributed by atoms with Gasteiger partial charge >= 0.3 is 6.18 Å². The highest BCUT2D eigenvalue weighted by molar-refractivity contribution is 14.0. The molecule has 6 nitrogen and oxygen atoms in total. The van der Waals surface area contributed by atoms with Gasteiger partial charge in [-0.15, -0.1) is 24.0 Å². The van der Waals surface area contributed by atoms with Gasteiger partial charge in [-0.2, -0.15) is 13.2 Å². The molecule has 1 rings (SSSR count). The van der Waals surface area contributed by atoms with Gasteiger partial charge in [0.15, 0.2) is 5.96 Å². The zero-order valence-corrected chi connectivity index (χ0v) is 20.3. The first-order valence-electron chi connectivity index (χ1n) is 9.10. The number of hydrogen-bond acceptors (Lipinski definition) is 3. The Morgan fingerprint density at radius 2 is 1.72 bits per heavy atom. The SMILES string of the molecule is CCNC(=NCCCN(C)S(=O)(=O)CC)N(C)Cc1ccc(C(F)(F)F)cc1.I. The number of nitrogens with zero attached hydrogens (tertiary/aromatic N) is 3. The van der Waals surface area contributed by atoms with Gasteiger partial charge in [0.1, 0.15) is 0 Å². The maximum Gasteiger partial charge on any atom is 0.416 e. The molecule has 1 aromatic carbocycles. The summed E-state index contributed by atoms with van der Waals surface area (Å²) in [5, 5.41) is 3.13. The van der Waals surface area contributed by atoms with E-state index in [1.54, 1.807) is 21.0 Å². The number of hydrogen-bond donors (Lipinski definition) is 1. The van der Waals surface area contributed by atoms with Crippen LogP contribution in [0.1, 0.15) is 31.4 Å². The van der Waals surface area contributed by atoms with Crippen molar-refractivity contribution >= 4 is 40.0 Å². The molecule has 0 aliphatic heterocycles. The third-order valence-electron chi connectivity index (χ3n) is 4.13. The summed E-state index contributed by atoms with van der Waals surface area (Å²) < 4.78 is 62.7. The molecule has 0 bridgehead atoms. The van der Waals surface area contributed by atoms with E-state index in [1.165, 1.54) is 16.4 Å². The van der Waals surface area contributed by atoms with Crippen molar-refractivity contribution in [3.63, 3.8) is 0 Å². The lowest BCUT2D eigenvalue weighted by atomic mass is 10.1. The molecule has 0 saturated heterocycles. The second-order valence-corrected chi connectivity index (χ2v) is 8.73. The van der Waals surface area contributed by atoms with Crippen molar-refractivity contribution in [3.8, 4) is 0 Å². The van der Waals surface area contributed by atoms with Crippen LogP contribution in [0, 0.1) is 0 Å². The number of benzene rings is 1. The van der Waals surface area contributed by atoms with Crippen LogP contribution in [0.4, 0.5) is 13.2 Å². The summed E-state index contributed by atoms with van der Waals surface area (Å²) in [4.78, 5) is 6.29. The van der Waals surface area contributed by atoms with Crippen LogP contribution in [0.25, 0.3) is 0 Å². The minimum absolute atomic E-state index is 0. The largest absolute Gasteiger partial charge is 0.416 e. The number of alkyl halides is 3. The maximum absolute atomic E-state index is 12.7. The van der Waals surface area contributed by atoms with Crippen molar-refractivity contribution in [2.75, 3.05) is 39.5 Å². The van der Waals surface area contributed by atoms with Gasteiger partial charge in [0, 0.05) is 40.3 Å². The van der Waals surface area contributed by atoms with Crippen molar-refractivity contribution in [2.45, 2.75) is 33.0 Å². The lowest BCUT2D eigenvalue weighted by molar-refractivity contribution is -0.137. The number of aliphatic imine (C=N–C) groups is 1. The van der Waals surface area contributed by atoms with Gasteiger partial charge in [-0.05, 0) is 38.0 Å². The van der Waals surface area contributed by atoms with Gasteiger partial charge in [0.25, 0.3) is 0 Å². The topological polar surface area (TPSA) is 65.0 Å². The molecular weight excluding hydrogens is 520 g/mol. The fourth-order valence-electron chi connectivity index (χ4n) is 2.46. The minimum Gasteiger partial charge on any atom is -0.357 e. The monoisotopic (exact) mass is 550 g/mol. The van der Waals surface area contributed by atoms with Gasteiger partial charge < -0.3 is 10.2 Å². The lowest BCUT2D eigenvalue weighted by Crippen LogP contribution is -2.38. The quantitative estimate of drug-likeness (QED) is 0.222. The minimum atomic E-state index is -4.35. The van der Waals surface area contributed by atoms with Crippen molar-refractivity contribution in [2.24, 2.45) is 4.99 Å². The number of rotatable bonds is 9. The summed E-state index contributed by atoms with van der Waals surface area (Å²) in [5.74, 6) is 0.675. The van der Waals surface area contributed by atoms with Crippen molar-refractivity contribution in [1.29, 1.82) is 0 Å². The molecule has 0 amide bonds. The summed E-state index contributed by atoms with van der Waals surface area (Å²) in [6.07, 6.45) is -3.78. The van der Waals surface area contributed by atoms with Gasteiger partial charge in [0.05, 0.1) is 11.3 Å². The fourth-order valence-corrected chi connectivity index (χ4v) is 3.30. The Kier molecular flexibility index (Phi) is 12.1. The molecule has 0 fully saturated rings. The van der Waals surface area contributed by atoms with Crippen LogP contribution in [0.3, 0.4) is 0 Å². The Morgan fingerprint density at radius 1 is 1.14 bits per heavy atom. The van der Waals surface area contributed by atoms with Crippen LogP contribution in [-0.4, -0.2) is 63.1 Å². The first-order valence-corrected chi connectivity index (χ1v) is 10.7. The molecule has 0 aliphatic rings. The van der Waals surface area contributed by atoms with E-state index in [4.69, 9.17) is 0 Å². The summed E-state index contributed by atoms with van der Waals surface area (Å²) >= 11 is 0. The van der Waals surface area contributed by atoms with E-state index in [0.29, 0.717) is 38.6 Å². The van der Waals surface area contributed by atoms with Crippen LogP contribution in [0.15, 0.2) is 29.3 Å². The lowest BCUT2D eigenvalue weighted by Gasteiger charge is -2.22. The molecule has 0 atom stereocenters. The molecule has 1 aromatic rings. The maximum atomic E-state index is 12.7. The first-order chi connectivity index (χ1) is 13.0. The zero-order valence-electron chi connectivity index (χ0n) is 17.2. The van der Waals surface area contributed by atoms with Gasteiger partial charge in [-0.1, -0.05) is 12.1 Å². The summed E-state index contributed by atoms with van der Waals surface area (Å²) in [6, 6.07) is 5.04. The van der Waals surface area contributed by atoms with E-state index in [-0.39, 0.29) is 29.7 Å². The summed E-state index contributed by atoms with van der Waals surface area (Å²) in [5.41, 5.74) is 0.0560. The van der Waals surface area contributed by atoms with Gasteiger partial charge in [-0.3, -0.25) is 4.99 Å². The fraction of sp³-hybridized carbons (Fsp3) is 0.611.